The molecule has 7 heterocycles. The van der Waals surface area contributed by atoms with Crippen molar-refractivity contribution >= 4 is 43.1 Å². The maximum atomic E-state index is 17.5. The van der Waals surface area contributed by atoms with E-state index in [0.717, 1.165) is 61.1 Å². The van der Waals surface area contributed by atoms with Gasteiger partial charge in [-0.05, 0) is 68.8 Å². The third-order valence-corrected chi connectivity index (χ3v) is 12.5. The van der Waals surface area contributed by atoms with E-state index in [2.05, 4.69) is 20.8 Å². The van der Waals surface area contributed by atoms with Crippen LogP contribution >= 0.6 is 11.3 Å². The number of β-amino-alcohol motifs (C(OH)–C–C–N with tert-alkyl or cyclic N) is 1. The van der Waals surface area contributed by atoms with Crippen molar-refractivity contribution in [1.29, 1.82) is 5.26 Å². The van der Waals surface area contributed by atoms with E-state index < -0.39 is 23.1 Å². The molecule has 0 saturated carbocycles. The number of alkyl halides is 1. The second kappa shape index (κ2) is 11.7. The van der Waals surface area contributed by atoms with E-state index in [0.29, 0.717) is 57.8 Å². The molecular formula is C37H41F2N7O3S. The Morgan fingerprint density at radius 1 is 1.16 bits per heavy atom. The molecule has 0 aliphatic carbocycles. The smallest absolute Gasteiger partial charge is 0.319 e. The van der Waals surface area contributed by atoms with E-state index in [1.807, 2.05) is 32.0 Å². The number of halogens is 2. The van der Waals surface area contributed by atoms with Crippen LogP contribution in [0.3, 0.4) is 0 Å². The summed E-state index contributed by atoms with van der Waals surface area (Å²) in [6.07, 6.45) is 3.20. The summed E-state index contributed by atoms with van der Waals surface area (Å²) in [4.78, 5) is 16.7. The highest BCUT2D eigenvalue weighted by molar-refractivity contribution is 7.23. The molecule has 2 aromatic heterocycles. The van der Waals surface area contributed by atoms with E-state index in [9.17, 15) is 14.8 Å². The number of hydrogen-bond donors (Lipinski definition) is 2. The highest BCUT2D eigenvalue weighted by Crippen LogP contribution is 2.49. The minimum atomic E-state index is -0.905. The maximum Gasteiger partial charge on any atom is 0.319 e. The number of nitrogen functional groups attached to an aromatic ring is 1. The minimum Gasteiger partial charge on any atom is -0.461 e. The number of piperazine rings is 1. The Morgan fingerprint density at radius 2 is 1.94 bits per heavy atom. The van der Waals surface area contributed by atoms with Crippen LogP contribution in [-0.2, 0) is 18.0 Å². The van der Waals surface area contributed by atoms with Gasteiger partial charge in [-0.2, -0.15) is 15.2 Å². The van der Waals surface area contributed by atoms with Crippen LogP contribution in [0, 0.1) is 17.1 Å². The van der Waals surface area contributed by atoms with Gasteiger partial charge in [0.1, 0.15) is 35.2 Å². The minimum absolute atomic E-state index is 0.0776. The number of nitriles is 1. The Morgan fingerprint density at radius 3 is 2.70 bits per heavy atom. The van der Waals surface area contributed by atoms with Gasteiger partial charge in [-0.3, -0.25) is 9.80 Å². The number of rotatable bonds is 7. The summed E-state index contributed by atoms with van der Waals surface area (Å²) in [7, 11) is 0. The third-order valence-electron chi connectivity index (χ3n) is 11.5. The standard InChI is InChI=1S/C37H41F2N7O3S/c1-36(2,47)18-44-14-21-7-8-22(15-44)46(21)34-30-26-17-48-16-25(26)29(23-5-3-6-27-28(23)24(12-40)33(41)50-27)31(39)32(30)42-35(43-34)49-19-37-9-4-10-45(37)13-20(38)11-37/h3,5-6,20-22,47H,4,7-11,13-19,41H2,1-2H3/t20?,21?,22?,37-/m0/s1. The monoisotopic (exact) mass is 701 g/mol. The van der Waals surface area contributed by atoms with Crippen LogP contribution in [-0.4, -0.2) is 93.6 Å². The molecule has 4 atom stereocenters. The molecule has 2 aromatic carbocycles. The second-order valence-electron chi connectivity index (χ2n) is 15.5. The van der Waals surface area contributed by atoms with Crippen molar-refractivity contribution in [3.05, 3.63) is 40.7 Å². The third kappa shape index (κ3) is 5.05. The molecule has 10 nitrogen and oxygen atoms in total. The van der Waals surface area contributed by atoms with E-state index in [1.54, 1.807) is 0 Å². The lowest BCUT2D eigenvalue weighted by atomic mass is 9.90. The number of aromatic nitrogens is 2. The molecule has 4 saturated heterocycles. The zero-order chi connectivity index (χ0) is 34.5. The van der Waals surface area contributed by atoms with Gasteiger partial charge in [-0.1, -0.05) is 12.1 Å². The Bertz CT molecular complexity index is 2060. The predicted molar refractivity (Wildman–Crippen MR) is 189 cm³/mol. The van der Waals surface area contributed by atoms with Crippen LogP contribution in [0.15, 0.2) is 18.2 Å². The molecule has 4 aromatic rings. The van der Waals surface area contributed by atoms with Crippen molar-refractivity contribution in [2.75, 3.05) is 50.0 Å². The number of fused-ring (bicyclic) bond motifs is 7. The van der Waals surface area contributed by atoms with Crippen molar-refractivity contribution in [2.24, 2.45) is 0 Å². The summed E-state index contributed by atoms with van der Waals surface area (Å²) >= 11 is 1.31. The van der Waals surface area contributed by atoms with Gasteiger partial charge < -0.3 is 25.2 Å². The van der Waals surface area contributed by atoms with Gasteiger partial charge in [0.25, 0.3) is 0 Å². The first kappa shape index (κ1) is 32.3. The lowest BCUT2D eigenvalue weighted by Gasteiger charge is -2.43. The van der Waals surface area contributed by atoms with Gasteiger partial charge in [0.2, 0.25) is 0 Å². The Hall–Kier alpha value is -3.67. The largest absolute Gasteiger partial charge is 0.461 e. The second-order valence-corrected chi connectivity index (χ2v) is 16.6. The molecule has 5 aliphatic rings. The van der Waals surface area contributed by atoms with Gasteiger partial charge in [0.15, 0.2) is 5.82 Å². The van der Waals surface area contributed by atoms with Gasteiger partial charge in [-0.15, -0.1) is 11.3 Å². The quantitative estimate of drug-likeness (QED) is 0.255. The summed E-state index contributed by atoms with van der Waals surface area (Å²) in [6, 6.07) is 8.12. The number of nitrogens with zero attached hydrogens (tertiary/aromatic N) is 6. The van der Waals surface area contributed by atoms with Gasteiger partial charge in [0, 0.05) is 60.3 Å². The molecule has 13 heteroatoms. The summed E-state index contributed by atoms with van der Waals surface area (Å²) in [5.74, 6) is 0.121. The lowest BCUT2D eigenvalue weighted by molar-refractivity contribution is 0.0292. The highest BCUT2D eigenvalue weighted by atomic mass is 32.1. The summed E-state index contributed by atoms with van der Waals surface area (Å²) in [5.41, 5.74) is 8.02. The molecule has 5 aliphatic heterocycles. The van der Waals surface area contributed by atoms with Crippen LogP contribution in [0.25, 0.3) is 32.1 Å². The molecule has 0 amide bonds. The van der Waals surface area contributed by atoms with Crippen LogP contribution in [0.5, 0.6) is 6.01 Å². The van der Waals surface area contributed by atoms with E-state index in [1.165, 1.54) is 11.3 Å². The van der Waals surface area contributed by atoms with Gasteiger partial charge in [-0.25, -0.2) is 8.78 Å². The van der Waals surface area contributed by atoms with Crippen molar-refractivity contribution in [1.82, 2.24) is 19.8 Å². The molecule has 3 N–H and O–H groups in total. The van der Waals surface area contributed by atoms with Crippen molar-refractivity contribution in [3.63, 3.8) is 0 Å². The average molecular weight is 702 g/mol. The first-order valence-corrected chi connectivity index (χ1v) is 18.4. The molecule has 2 bridgehead atoms. The number of nitrogens with two attached hydrogens (primary N) is 1. The fourth-order valence-electron chi connectivity index (χ4n) is 9.67. The van der Waals surface area contributed by atoms with E-state index in [4.69, 9.17) is 25.2 Å². The van der Waals surface area contributed by atoms with Crippen LogP contribution in [0.1, 0.15) is 62.6 Å². The molecule has 50 heavy (non-hydrogen) atoms. The van der Waals surface area contributed by atoms with E-state index >= 15 is 4.39 Å². The SMILES string of the molecule is CC(C)(O)CN1CC2CCC(C1)N2c1nc(OC[C@@]23CCCN2CC(F)C3)nc2c(F)c(-c3cccc4sc(N)c(C#N)c34)c3c(c12)COC3. The van der Waals surface area contributed by atoms with Crippen LogP contribution in [0.4, 0.5) is 19.6 Å². The number of thiophene rings is 1. The molecule has 9 rings (SSSR count). The lowest BCUT2D eigenvalue weighted by Crippen LogP contribution is -2.56. The molecule has 0 radical (unpaired) electrons. The number of ether oxygens (including phenoxy) is 2. The zero-order valence-electron chi connectivity index (χ0n) is 28.3. The zero-order valence-corrected chi connectivity index (χ0v) is 29.2. The fourth-order valence-corrected chi connectivity index (χ4v) is 10.6. The van der Waals surface area contributed by atoms with Gasteiger partial charge >= 0.3 is 6.01 Å². The van der Waals surface area contributed by atoms with Crippen molar-refractivity contribution in [2.45, 2.75) is 88.6 Å². The normalized spacial score (nSPS) is 26.6. The van der Waals surface area contributed by atoms with Crippen LogP contribution in [0.2, 0.25) is 0 Å². The number of hydrogen-bond acceptors (Lipinski definition) is 11. The fraction of sp³-hybridized carbons (Fsp3) is 0.541. The first-order valence-electron chi connectivity index (χ1n) is 17.6. The van der Waals surface area contributed by atoms with Crippen molar-refractivity contribution in [3.8, 4) is 23.2 Å². The molecule has 0 spiro atoms. The maximum absolute atomic E-state index is 17.5. The average Bonchev–Trinajstić information content (AvgIpc) is 3.87. The van der Waals surface area contributed by atoms with Crippen molar-refractivity contribution < 1.29 is 23.4 Å². The Kier molecular flexibility index (Phi) is 7.53. The first-order chi connectivity index (χ1) is 24.0. The molecule has 262 valence electrons. The Labute approximate surface area is 293 Å². The Balaban J connectivity index is 1.22. The summed E-state index contributed by atoms with van der Waals surface area (Å²) < 4.78 is 45.5. The number of likely N-dealkylation sites (tertiary alicyclic amines) is 1. The highest BCUT2D eigenvalue weighted by Gasteiger charge is 2.50. The van der Waals surface area contributed by atoms with E-state index in [-0.39, 0.29) is 43.4 Å². The molecular weight excluding hydrogens is 661 g/mol. The molecule has 4 fully saturated rings. The summed E-state index contributed by atoms with van der Waals surface area (Å²) in [5, 5.41) is 22.3. The topological polar surface area (TPSA) is 124 Å². The van der Waals surface area contributed by atoms with Gasteiger partial charge in [0.05, 0.1) is 35.3 Å². The predicted octanol–water partition coefficient (Wildman–Crippen LogP) is 5.51. The number of anilines is 2. The summed E-state index contributed by atoms with van der Waals surface area (Å²) in [6.45, 7) is 7.66. The number of aliphatic hydroxyl groups is 1. The van der Waals surface area contributed by atoms with Crippen LogP contribution < -0.4 is 15.4 Å². The molecule has 3 unspecified atom stereocenters. The number of benzene rings is 2.